The van der Waals surface area contributed by atoms with Crippen LogP contribution in [-0.2, 0) is 16.6 Å². The van der Waals surface area contributed by atoms with Gasteiger partial charge in [-0.3, -0.25) is 9.69 Å². The molecule has 1 amide bonds. The minimum absolute atomic E-state index is 0.115. The van der Waals surface area contributed by atoms with Gasteiger partial charge in [0.05, 0.1) is 0 Å². The lowest BCUT2D eigenvalue weighted by molar-refractivity contribution is 0.102. The lowest BCUT2D eigenvalue weighted by atomic mass is 10.1. The lowest BCUT2D eigenvalue weighted by Crippen LogP contribution is -2.48. The number of hydrogen-bond donors (Lipinski definition) is 1. The minimum atomic E-state index is -4.26. The predicted molar refractivity (Wildman–Crippen MR) is 121 cm³/mol. The molecular formula is C24H23F2N3O3S. The Morgan fingerprint density at radius 3 is 2.15 bits per heavy atom. The minimum Gasteiger partial charge on any atom is -0.322 e. The number of amides is 1. The molecule has 1 aliphatic rings. The third kappa shape index (κ3) is 5.27. The zero-order valence-electron chi connectivity index (χ0n) is 17.7. The van der Waals surface area contributed by atoms with Crippen LogP contribution in [0.2, 0.25) is 0 Å². The van der Waals surface area contributed by atoms with Gasteiger partial charge in [0.15, 0.2) is 4.90 Å². The molecule has 4 rings (SSSR count). The largest absolute Gasteiger partial charge is 0.322 e. The number of sulfonamides is 1. The zero-order chi connectivity index (χ0) is 23.4. The van der Waals surface area contributed by atoms with Gasteiger partial charge in [-0.2, -0.15) is 4.31 Å². The van der Waals surface area contributed by atoms with Crippen molar-refractivity contribution >= 4 is 21.6 Å². The van der Waals surface area contributed by atoms with E-state index < -0.39 is 26.6 Å². The van der Waals surface area contributed by atoms with E-state index in [2.05, 4.69) is 5.32 Å². The Labute approximate surface area is 191 Å². The Bertz CT molecular complexity index is 1220. The van der Waals surface area contributed by atoms with Gasteiger partial charge >= 0.3 is 0 Å². The second-order valence-electron chi connectivity index (χ2n) is 7.75. The van der Waals surface area contributed by atoms with Crippen LogP contribution in [0.3, 0.4) is 0 Å². The molecule has 172 valence electrons. The van der Waals surface area contributed by atoms with E-state index in [-0.39, 0.29) is 19.0 Å². The fraction of sp³-hybridized carbons (Fsp3) is 0.208. The first-order valence-corrected chi connectivity index (χ1v) is 11.9. The van der Waals surface area contributed by atoms with Gasteiger partial charge in [-0.25, -0.2) is 17.2 Å². The predicted octanol–water partition coefficient (Wildman–Crippen LogP) is 3.72. The molecule has 0 unspecified atom stereocenters. The van der Waals surface area contributed by atoms with E-state index >= 15 is 0 Å². The summed E-state index contributed by atoms with van der Waals surface area (Å²) in [6, 6.07) is 19.4. The normalized spacial score (nSPS) is 15.3. The van der Waals surface area contributed by atoms with E-state index in [9.17, 15) is 22.0 Å². The van der Waals surface area contributed by atoms with Crippen molar-refractivity contribution in [3.63, 3.8) is 0 Å². The number of nitrogens with one attached hydrogen (secondary N) is 1. The number of anilines is 1. The van der Waals surface area contributed by atoms with Crippen LogP contribution in [-0.4, -0.2) is 49.7 Å². The highest BCUT2D eigenvalue weighted by Crippen LogP contribution is 2.24. The highest BCUT2D eigenvalue weighted by atomic mass is 32.2. The van der Waals surface area contributed by atoms with Crippen molar-refractivity contribution in [1.82, 2.24) is 9.21 Å². The summed E-state index contributed by atoms with van der Waals surface area (Å²) in [4.78, 5) is 13.7. The monoisotopic (exact) mass is 471 g/mol. The molecule has 0 atom stereocenters. The molecule has 33 heavy (non-hydrogen) atoms. The molecule has 6 nitrogen and oxygen atoms in total. The second-order valence-corrected chi connectivity index (χ2v) is 9.63. The van der Waals surface area contributed by atoms with E-state index in [0.717, 1.165) is 28.1 Å². The number of para-hydroxylation sites is 1. The van der Waals surface area contributed by atoms with Crippen molar-refractivity contribution in [1.29, 1.82) is 0 Å². The molecule has 1 aliphatic heterocycles. The fourth-order valence-corrected chi connectivity index (χ4v) is 5.31. The van der Waals surface area contributed by atoms with Crippen LogP contribution in [0, 0.1) is 11.6 Å². The standard InChI is InChI=1S/C24H23F2N3O3S/c25-21-10-5-11-22(26)23(21)33(31,32)29-14-12-28(13-15-29)17-18-6-4-7-19(16-18)24(30)27-20-8-2-1-3-9-20/h1-11,16H,12-15,17H2,(H,27,30). The summed E-state index contributed by atoms with van der Waals surface area (Å²) < 4.78 is 54.6. The molecule has 1 saturated heterocycles. The average Bonchev–Trinajstić information content (AvgIpc) is 2.80. The van der Waals surface area contributed by atoms with Gasteiger partial charge in [-0.15, -0.1) is 0 Å². The van der Waals surface area contributed by atoms with E-state index in [4.69, 9.17) is 0 Å². The van der Waals surface area contributed by atoms with Crippen molar-refractivity contribution in [3.8, 4) is 0 Å². The van der Waals surface area contributed by atoms with Crippen LogP contribution < -0.4 is 5.32 Å². The molecule has 3 aromatic carbocycles. The Kier molecular flexibility index (Phi) is 6.83. The van der Waals surface area contributed by atoms with E-state index in [1.54, 1.807) is 18.2 Å². The number of hydrogen-bond acceptors (Lipinski definition) is 4. The molecule has 1 N–H and O–H groups in total. The summed E-state index contributed by atoms with van der Waals surface area (Å²) in [5.41, 5.74) is 2.14. The quantitative estimate of drug-likeness (QED) is 0.595. The van der Waals surface area contributed by atoms with Crippen LogP contribution in [0.15, 0.2) is 77.7 Å². The van der Waals surface area contributed by atoms with Gasteiger partial charge in [0.25, 0.3) is 5.91 Å². The van der Waals surface area contributed by atoms with Gasteiger partial charge < -0.3 is 5.32 Å². The van der Waals surface area contributed by atoms with Crippen LogP contribution in [0.5, 0.6) is 0 Å². The first-order valence-electron chi connectivity index (χ1n) is 10.5. The highest BCUT2D eigenvalue weighted by molar-refractivity contribution is 7.89. The second kappa shape index (κ2) is 9.78. The molecule has 0 radical (unpaired) electrons. The van der Waals surface area contributed by atoms with Crippen LogP contribution in [0.25, 0.3) is 0 Å². The van der Waals surface area contributed by atoms with Gasteiger partial charge in [0.2, 0.25) is 10.0 Å². The third-order valence-electron chi connectivity index (χ3n) is 5.48. The third-order valence-corrected chi connectivity index (χ3v) is 7.43. The summed E-state index contributed by atoms with van der Waals surface area (Å²) in [6.07, 6.45) is 0. The Morgan fingerprint density at radius 1 is 0.848 bits per heavy atom. The van der Waals surface area contributed by atoms with E-state index in [1.165, 1.54) is 0 Å². The molecule has 1 heterocycles. The maximum Gasteiger partial charge on any atom is 0.255 e. The molecule has 0 aromatic heterocycles. The van der Waals surface area contributed by atoms with Crippen LogP contribution >= 0.6 is 0 Å². The van der Waals surface area contributed by atoms with E-state index in [1.807, 2.05) is 41.3 Å². The topological polar surface area (TPSA) is 69.7 Å². The van der Waals surface area contributed by atoms with Gasteiger partial charge in [0.1, 0.15) is 11.6 Å². The summed E-state index contributed by atoms with van der Waals surface area (Å²) in [7, 11) is -4.26. The molecule has 0 spiro atoms. The molecule has 9 heteroatoms. The summed E-state index contributed by atoms with van der Waals surface area (Å²) >= 11 is 0. The first kappa shape index (κ1) is 23.0. The maximum atomic E-state index is 14.0. The van der Waals surface area contributed by atoms with Gasteiger partial charge in [0, 0.05) is 44.0 Å². The number of carbonyl (C=O) groups is 1. The molecule has 0 bridgehead atoms. The van der Waals surface area contributed by atoms with Gasteiger partial charge in [-0.05, 0) is 42.0 Å². The van der Waals surface area contributed by atoms with E-state index in [0.29, 0.717) is 30.9 Å². The molecule has 0 saturated carbocycles. The maximum absolute atomic E-state index is 14.0. The number of piperazine rings is 1. The average molecular weight is 472 g/mol. The first-order chi connectivity index (χ1) is 15.8. The Hall–Kier alpha value is -3.14. The number of nitrogens with zero attached hydrogens (tertiary/aromatic N) is 2. The molecule has 3 aromatic rings. The fourth-order valence-electron chi connectivity index (χ4n) is 3.78. The molecular weight excluding hydrogens is 448 g/mol. The molecule has 1 fully saturated rings. The Morgan fingerprint density at radius 2 is 1.48 bits per heavy atom. The zero-order valence-corrected chi connectivity index (χ0v) is 18.6. The van der Waals surface area contributed by atoms with Crippen molar-refractivity contribution < 1.29 is 22.0 Å². The Balaban J connectivity index is 1.38. The van der Waals surface area contributed by atoms with Crippen molar-refractivity contribution in [2.45, 2.75) is 11.4 Å². The summed E-state index contributed by atoms with van der Waals surface area (Å²) in [6.45, 7) is 1.55. The van der Waals surface area contributed by atoms with Crippen molar-refractivity contribution in [2.24, 2.45) is 0 Å². The number of halogens is 2. The van der Waals surface area contributed by atoms with Crippen molar-refractivity contribution in [3.05, 3.63) is 95.6 Å². The van der Waals surface area contributed by atoms with Crippen LogP contribution in [0.1, 0.15) is 15.9 Å². The number of benzene rings is 3. The SMILES string of the molecule is O=C(Nc1ccccc1)c1cccc(CN2CCN(S(=O)(=O)c3c(F)cccc3F)CC2)c1. The van der Waals surface area contributed by atoms with Crippen LogP contribution in [0.4, 0.5) is 14.5 Å². The summed E-state index contributed by atoms with van der Waals surface area (Å²) in [5, 5.41) is 2.85. The van der Waals surface area contributed by atoms with Crippen molar-refractivity contribution in [2.75, 3.05) is 31.5 Å². The highest BCUT2D eigenvalue weighted by Gasteiger charge is 2.33. The smallest absolute Gasteiger partial charge is 0.255 e. The molecule has 0 aliphatic carbocycles. The number of carbonyl (C=O) groups excluding carboxylic acids is 1. The number of rotatable bonds is 6. The summed E-state index contributed by atoms with van der Waals surface area (Å²) in [5.74, 6) is -2.41. The lowest BCUT2D eigenvalue weighted by Gasteiger charge is -2.34. The van der Waals surface area contributed by atoms with Gasteiger partial charge in [-0.1, -0.05) is 36.4 Å².